The molecule has 2 N–H and O–H groups in total. The highest BCUT2D eigenvalue weighted by Crippen LogP contribution is 2.22. The zero-order valence-corrected chi connectivity index (χ0v) is 12.7. The molecule has 1 aliphatic rings. The zero-order chi connectivity index (χ0) is 15.5. The van der Waals surface area contributed by atoms with E-state index in [-0.39, 0.29) is 24.5 Å². The molecule has 4 heteroatoms. The Bertz CT molecular complexity index is 670. The summed E-state index contributed by atoms with van der Waals surface area (Å²) in [4.78, 5) is 12.1. The van der Waals surface area contributed by atoms with Gasteiger partial charge in [0.15, 0.2) is 0 Å². The third kappa shape index (κ3) is 3.13. The van der Waals surface area contributed by atoms with E-state index in [2.05, 4.69) is 5.32 Å². The number of benzene rings is 2. The van der Waals surface area contributed by atoms with Crippen molar-refractivity contribution >= 4 is 16.7 Å². The van der Waals surface area contributed by atoms with Crippen molar-refractivity contribution < 1.29 is 14.6 Å². The smallest absolute Gasteiger partial charge is 0.225 e. The Kier molecular flexibility index (Phi) is 4.41. The number of hydrogen-bond acceptors (Lipinski definition) is 3. The molecule has 1 aliphatic heterocycles. The zero-order valence-electron chi connectivity index (χ0n) is 12.7. The van der Waals surface area contributed by atoms with Crippen molar-refractivity contribution in [1.82, 2.24) is 5.32 Å². The summed E-state index contributed by atoms with van der Waals surface area (Å²) < 4.78 is 5.40. The van der Waals surface area contributed by atoms with Crippen molar-refractivity contribution in [1.29, 1.82) is 0 Å². The maximum atomic E-state index is 12.1. The SMILES string of the molecule is CC1OCCC1C(=O)NCC(O)c1ccc2ccccc2c1. The lowest BCUT2D eigenvalue weighted by atomic mass is 10.0. The van der Waals surface area contributed by atoms with Crippen LogP contribution in [0.2, 0.25) is 0 Å². The number of nitrogens with one attached hydrogen (secondary N) is 1. The fourth-order valence-electron chi connectivity index (χ4n) is 2.94. The van der Waals surface area contributed by atoms with E-state index in [1.807, 2.05) is 49.4 Å². The molecule has 2 aromatic rings. The molecule has 1 amide bonds. The molecule has 3 unspecified atom stereocenters. The predicted octanol–water partition coefficient (Wildman–Crippen LogP) is 2.41. The minimum atomic E-state index is -0.703. The van der Waals surface area contributed by atoms with E-state index < -0.39 is 6.10 Å². The summed E-state index contributed by atoms with van der Waals surface area (Å²) in [5, 5.41) is 15.3. The van der Waals surface area contributed by atoms with Gasteiger partial charge < -0.3 is 15.2 Å². The lowest BCUT2D eigenvalue weighted by molar-refractivity contribution is -0.126. The quantitative estimate of drug-likeness (QED) is 0.911. The number of rotatable bonds is 4. The molecule has 0 spiro atoms. The Balaban J connectivity index is 1.63. The topological polar surface area (TPSA) is 58.6 Å². The molecule has 1 fully saturated rings. The number of ether oxygens (including phenoxy) is 1. The molecule has 0 saturated carbocycles. The van der Waals surface area contributed by atoms with Gasteiger partial charge in [-0.1, -0.05) is 36.4 Å². The second-order valence-corrected chi connectivity index (χ2v) is 5.84. The van der Waals surface area contributed by atoms with Crippen LogP contribution in [0.1, 0.15) is 25.0 Å². The van der Waals surface area contributed by atoms with Gasteiger partial charge in [-0.25, -0.2) is 0 Å². The monoisotopic (exact) mass is 299 g/mol. The first kappa shape index (κ1) is 15.0. The molecule has 1 heterocycles. The van der Waals surface area contributed by atoms with E-state index in [4.69, 9.17) is 4.74 Å². The van der Waals surface area contributed by atoms with Gasteiger partial charge in [0, 0.05) is 13.2 Å². The molecule has 0 bridgehead atoms. The Hall–Kier alpha value is -1.91. The van der Waals surface area contributed by atoms with Crippen LogP contribution in [-0.4, -0.2) is 30.3 Å². The minimum absolute atomic E-state index is 0.0372. The van der Waals surface area contributed by atoms with Crippen molar-refractivity contribution in [2.75, 3.05) is 13.2 Å². The highest BCUT2D eigenvalue weighted by atomic mass is 16.5. The van der Waals surface area contributed by atoms with Crippen LogP contribution in [-0.2, 0) is 9.53 Å². The second-order valence-electron chi connectivity index (χ2n) is 5.84. The number of hydrogen-bond donors (Lipinski definition) is 2. The average Bonchev–Trinajstić information content (AvgIpc) is 2.98. The molecule has 3 atom stereocenters. The van der Waals surface area contributed by atoms with E-state index >= 15 is 0 Å². The summed E-state index contributed by atoms with van der Waals surface area (Å²) in [5.74, 6) is -0.145. The van der Waals surface area contributed by atoms with Crippen LogP contribution in [0, 0.1) is 5.92 Å². The van der Waals surface area contributed by atoms with Gasteiger partial charge in [0.2, 0.25) is 5.91 Å². The number of amides is 1. The molecular weight excluding hydrogens is 278 g/mol. The van der Waals surface area contributed by atoms with Crippen molar-refractivity contribution in [3.05, 3.63) is 48.0 Å². The minimum Gasteiger partial charge on any atom is -0.387 e. The van der Waals surface area contributed by atoms with Gasteiger partial charge in [-0.05, 0) is 35.7 Å². The van der Waals surface area contributed by atoms with Crippen LogP contribution in [0.25, 0.3) is 10.8 Å². The molecule has 3 rings (SSSR count). The summed E-state index contributed by atoms with van der Waals surface area (Å²) >= 11 is 0. The summed E-state index contributed by atoms with van der Waals surface area (Å²) in [6, 6.07) is 13.9. The van der Waals surface area contributed by atoms with Gasteiger partial charge >= 0.3 is 0 Å². The van der Waals surface area contributed by atoms with Crippen LogP contribution in [0.4, 0.5) is 0 Å². The maximum Gasteiger partial charge on any atom is 0.225 e. The normalized spacial score (nSPS) is 22.6. The standard InChI is InChI=1S/C18H21NO3/c1-12-16(8-9-22-12)18(21)19-11-17(20)15-7-6-13-4-2-3-5-14(13)10-15/h2-7,10,12,16-17,20H,8-9,11H2,1H3,(H,19,21). The van der Waals surface area contributed by atoms with E-state index in [1.165, 1.54) is 0 Å². The molecule has 0 radical (unpaired) electrons. The molecule has 1 saturated heterocycles. The van der Waals surface area contributed by atoms with E-state index in [9.17, 15) is 9.90 Å². The van der Waals surface area contributed by atoms with Crippen molar-refractivity contribution in [3.8, 4) is 0 Å². The van der Waals surface area contributed by atoms with Crippen LogP contribution >= 0.6 is 0 Å². The summed E-state index contributed by atoms with van der Waals surface area (Å²) in [6.45, 7) is 2.77. The fourth-order valence-corrected chi connectivity index (χ4v) is 2.94. The number of aliphatic hydroxyl groups excluding tert-OH is 1. The first-order valence-corrected chi connectivity index (χ1v) is 7.71. The first-order chi connectivity index (χ1) is 10.6. The van der Waals surface area contributed by atoms with E-state index in [1.54, 1.807) is 0 Å². The molecule has 22 heavy (non-hydrogen) atoms. The summed E-state index contributed by atoms with van der Waals surface area (Å²) in [7, 11) is 0. The fraction of sp³-hybridized carbons (Fsp3) is 0.389. The Morgan fingerprint density at radius 2 is 2.09 bits per heavy atom. The van der Waals surface area contributed by atoms with Gasteiger partial charge in [0.25, 0.3) is 0 Å². The Morgan fingerprint density at radius 1 is 1.32 bits per heavy atom. The highest BCUT2D eigenvalue weighted by Gasteiger charge is 2.30. The third-order valence-corrected chi connectivity index (χ3v) is 4.34. The molecular formula is C18H21NO3. The van der Waals surface area contributed by atoms with Crippen LogP contribution < -0.4 is 5.32 Å². The maximum absolute atomic E-state index is 12.1. The molecule has 4 nitrogen and oxygen atoms in total. The van der Waals surface area contributed by atoms with Crippen LogP contribution in [0.5, 0.6) is 0 Å². The second kappa shape index (κ2) is 6.46. The lowest BCUT2D eigenvalue weighted by Gasteiger charge is -2.17. The molecule has 0 aliphatic carbocycles. The van der Waals surface area contributed by atoms with Crippen molar-refractivity contribution in [2.24, 2.45) is 5.92 Å². The number of aliphatic hydroxyl groups is 1. The Morgan fingerprint density at radius 3 is 2.82 bits per heavy atom. The molecule has 116 valence electrons. The Labute approximate surface area is 130 Å². The molecule has 2 aromatic carbocycles. The molecule has 0 aromatic heterocycles. The van der Waals surface area contributed by atoms with E-state index in [0.717, 1.165) is 22.8 Å². The summed E-state index contributed by atoms with van der Waals surface area (Å²) in [5.41, 5.74) is 0.815. The van der Waals surface area contributed by atoms with Gasteiger partial charge in [0.1, 0.15) is 0 Å². The highest BCUT2D eigenvalue weighted by molar-refractivity contribution is 5.83. The summed E-state index contributed by atoms with van der Waals surface area (Å²) in [6.07, 6.45) is 0.00278. The predicted molar refractivity (Wildman–Crippen MR) is 85.4 cm³/mol. The van der Waals surface area contributed by atoms with E-state index in [0.29, 0.717) is 6.61 Å². The number of fused-ring (bicyclic) bond motifs is 1. The van der Waals surface area contributed by atoms with Gasteiger partial charge in [-0.3, -0.25) is 4.79 Å². The lowest BCUT2D eigenvalue weighted by Crippen LogP contribution is -2.36. The van der Waals surface area contributed by atoms with Gasteiger partial charge in [-0.2, -0.15) is 0 Å². The van der Waals surface area contributed by atoms with Crippen molar-refractivity contribution in [3.63, 3.8) is 0 Å². The van der Waals surface area contributed by atoms with Gasteiger partial charge in [0.05, 0.1) is 18.1 Å². The first-order valence-electron chi connectivity index (χ1n) is 7.71. The number of carbonyl (C=O) groups is 1. The van der Waals surface area contributed by atoms with Crippen molar-refractivity contribution in [2.45, 2.75) is 25.6 Å². The number of carbonyl (C=O) groups excluding carboxylic acids is 1. The third-order valence-electron chi connectivity index (χ3n) is 4.34. The van der Waals surface area contributed by atoms with Gasteiger partial charge in [-0.15, -0.1) is 0 Å². The largest absolute Gasteiger partial charge is 0.387 e. The average molecular weight is 299 g/mol. The van der Waals surface area contributed by atoms with Crippen LogP contribution in [0.3, 0.4) is 0 Å². The van der Waals surface area contributed by atoms with Crippen LogP contribution in [0.15, 0.2) is 42.5 Å².